The van der Waals surface area contributed by atoms with Crippen molar-refractivity contribution < 1.29 is 19.1 Å². The summed E-state index contributed by atoms with van der Waals surface area (Å²) in [6.07, 6.45) is 2.77. The van der Waals surface area contributed by atoms with Crippen LogP contribution in [0.4, 0.5) is 0 Å². The molecule has 1 saturated carbocycles. The summed E-state index contributed by atoms with van der Waals surface area (Å²) < 4.78 is 10.5. The second-order valence-corrected chi connectivity index (χ2v) is 4.69. The van der Waals surface area contributed by atoms with Crippen LogP contribution < -0.4 is 0 Å². The third kappa shape index (κ3) is 1.98. The van der Waals surface area contributed by atoms with Gasteiger partial charge in [0.15, 0.2) is 0 Å². The van der Waals surface area contributed by atoms with Crippen molar-refractivity contribution >= 4 is 11.9 Å². The van der Waals surface area contributed by atoms with Crippen LogP contribution in [0.1, 0.15) is 39.5 Å². The lowest BCUT2D eigenvalue weighted by Crippen LogP contribution is -2.40. The molecule has 84 valence electrons. The molecule has 2 rings (SSSR count). The Bertz CT molecular complexity index is 299. The fraction of sp³-hybridized carbons (Fsp3) is 0.818. The number of carbonyl (C=O) groups excluding carboxylic acids is 2. The molecule has 1 aliphatic carbocycles. The first-order valence-corrected chi connectivity index (χ1v) is 5.39. The van der Waals surface area contributed by atoms with Gasteiger partial charge < -0.3 is 9.47 Å². The Morgan fingerprint density at radius 2 is 2.33 bits per heavy atom. The molecule has 2 aliphatic rings. The lowest BCUT2D eigenvalue weighted by atomic mass is 9.75. The predicted octanol–water partition coefficient (Wildman–Crippen LogP) is 1.42. The zero-order valence-corrected chi connectivity index (χ0v) is 9.12. The largest absolute Gasteiger partial charge is 0.463 e. The second kappa shape index (κ2) is 3.51. The average Bonchev–Trinajstić information content (AvgIpc) is 2.38. The topological polar surface area (TPSA) is 52.6 Å². The Kier molecular flexibility index (Phi) is 2.44. The Labute approximate surface area is 88.9 Å². The van der Waals surface area contributed by atoms with E-state index >= 15 is 0 Å². The molecule has 0 aromatic heterocycles. The van der Waals surface area contributed by atoms with Gasteiger partial charge in [-0.25, -0.2) is 0 Å². The molecule has 0 radical (unpaired) electrons. The van der Waals surface area contributed by atoms with Crippen LogP contribution in [0, 0.1) is 5.92 Å². The van der Waals surface area contributed by atoms with Crippen LogP contribution in [-0.4, -0.2) is 23.6 Å². The highest BCUT2D eigenvalue weighted by atomic mass is 16.6. The molecule has 15 heavy (non-hydrogen) atoms. The molecule has 0 bridgehead atoms. The quantitative estimate of drug-likeness (QED) is 0.617. The molecule has 3 atom stereocenters. The maximum absolute atomic E-state index is 11.2. The minimum atomic E-state index is -0.312. The second-order valence-electron chi connectivity index (χ2n) is 4.69. The first-order chi connectivity index (χ1) is 6.99. The molecule has 3 unspecified atom stereocenters. The SMILES string of the molecule is CC(=O)OC1CCC2(C)OC(=O)CC2C1. The smallest absolute Gasteiger partial charge is 0.306 e. The highest BCUT2D eigenvalue weighted by molar-refractivity contribution is 5.73. The number of fused-ring (bicyclic) bond motifs is 1. The molecule has 0 aromatic carbocycles. The highest BCUT2D eigenvalue weighted by Crippen LogP contribution is 2.44. The van der Waals surface area contributed by atoms with E-state index in [1.54, 1.807) is 0 Å². The summed E-state index contributed by atoms with van der Waals surface area (Å²) in [4.78, 5) is 22.0. The van der Waals surface area contributed by atoms with Crippen molar-refractivity contribution in [2.24, 2.45) is 5.92 Å². The summed E-state index contributed by atoms with van der Waals surface area (Å²) in [6, 6.07) is 0. The number of ether oxygens (including phenoxy) is 2. The van der Waals surface area contributed by atoms with Gasteiger partial charge in [-0.15, -0.1) is 0 Å². The van der Waals surface area contributed by atoms with E-state index in [1.165, 1.54) is 6.92 Å². The number of hydrogen-bond donors (Lipinski definition) is 0. The van der Waals surface area contributed by atoms with Crippen LogP contribution in [0.5, 0.6) is 0 Å². The van der Waals surface area contributed by atoms with Crippen LogP contribution in [0.25, 0.3) is 0 Å². The highest BCUT2D eigenvalue weighted by Gasteiger charge is 2.49. The average molecular weight is 212 g/mol. The van der Waals surface area contributed by atoms with Crippen molar-refractivity contribution in [3.05, 3.63) is 0 Å². The Morgan fingerprint density at radius 3 is 3.00 bits per heavy atom. The normalized spacial score (nSPS) is 39.5. The monoisotopic (exact) mass is 212 g/mol. The van der Waals surface area contributed by atoms with Crippen molar-refractivity contribution in [3.63, 3.8) is 0 Å². The molecule has 1 aliphatic heterocycles. The van der Waals surface area contributed by atoms with Gasteiger partial charge in [-0.05, 0) is 26.2 Å². The third-order valence-electron chi connectivity index (χ3n) is 3.47. The van der Waals surface area contributed by atoms with Gasteiger partial charge in [-0.2, -0.15) is 0 Å². The van der Waals surface area contributed by atoms with E-state index < -0.39 is 0 Å². The molecule has 1 saturated heterocycles. The molecule has 4 nitrogen and oxygen atoms in total. The molecule has 0 spiro atoms. The molecular formula is C11H16O4. The van der Waals surface area contributed by atoms with Gasteiger partial charge in [0.25, 0.3) is 0 Å². The van der Waals surface area contributed by atoms with Crippen LogP contribution in [0.15, 0.2) is 0 Å². The lowest BCUT2D eigenvalue weighted by molar-refractivity contribution is -0.158. The Balaban J connectivity index is 2.00. The van der Waals surface area contributed by atoms with Crippen molar-refractivity contribution in [1.29, 1.82) is 0 Å². The standard InChI is InChI=1S/C11H16O4/c1-7(12)14-9-3-4-11(2)8(5-9)6-10(13)15-11/h8-9H,3-6H2,1-2H3. The molecule has 1 heterocycles. The third-order valence-corrected chi connectivity index (χ3v) is 3.47. The molecule has 0 aromatic rings. The van der Waals surface area contributed by atoms with E-state index in [0.29, 0.717) is 6.42 Å². The number of carbonyl (C=O) groups is 2. The van der Waals surface area contributed by atoms with Gasteiger partial charge in [0.1, 0.15) is 11.7 Å². The Hall–Kier alpha value is -1.06. The number of hydrogen-bond acceptors (Lipinski definition) is 4. The zero-order valence-electron chi connectivity index (χ0n) is 9.12. The first kappa shape index (κ1) is 10.5. The summed E-state index contributed by atoms with van der Waals surface area (Å²) in [5.41, 5.74) is -0.312. The van der Waals surface area contributed by atoms with Gasteiger partial charge in [0, 0.05) is 12.8 Å². The van der Waals surface area contributed by atoms with E-state index in [1.807, 2.05) is 6.92 Å². The molecule has 2 fully saturated rings. The van der Waals surface area contributed by atoms with Crippen LogP contribution >= 0.6 is 0 Å². The van der Waals surface area contributed by atoms with Crippen molar-refractivity contribution in [2.75, 3.05) is 0 Å². The fourth-order valence-corrected chi connectivity index (χ4v) is 2.61. The van der Waals surface area contributed by atoms with E-state index in [2.05, 4.69) is 0 Å². The predicted molar refractivity (Wildman–Crippen MR) is 52.0 cm³/mol. The van der Waals surface area contributed by atoms with Gasteiger partial charge >= 0.3 is 11.9 Å². The summed E-state index contributed by atoms with van der Waals surface area (Å²) >= 11 is 0. The molecule has 0 amide bonds. The van der Waals surface area contributed by atoms with E-state index in [4.69, 9.17) is 9.47 Å². The Morgan fingerprint density at radius 1 is 1.60 bits per heavy atom. The summed E-state index contributed by atoms with van der Waals surface area (Å²) in [7, 11) is 0. The number of esters is 2. The lowest BCUT2D eigenvalue weighted by Gasteiger charge is -2.37. The summed E-state index contributed by atoms with van der Waals surface area (Å²) in [6.45, 7) is 3.40. The maximum atomic E-state index is 11.2. The van der Waals surface area contributed by atoms with Gasteiger partial charge in [0.05, 0.1) is 6.42 Å². The minimum absolute atomic E-state index is 0.0323. The van der Waals surface area contributed by atoms with Crippen LogP contribution in [-0.2, 0) is 19.1 Å². The molecule has 4 heteroatoms. The van der Waals surface area contributed by atoms with E-state index in [-0.39, 0.29) is 29.6 Å². The minimum Gasteiger partial charge on any atom is -0.463 e. The van der Waals surface area contributed by atoms with Crippen molar-refractivity contribution in [3.8, 4) is 0 Å². The zero-order chi connectivity index (χ0) is 11.1. The summed E-state index contributed by atoms with van der Waals surface area (Å²) in [5, 5.41) is 0. The van der Waals surface area contributed by atoms with E-state index in [9.17, 15) is 9.59 Å². The van der Waals surface area contributed by atoms with Crippen molar-refractivity contribution in [1.82, 2.24) is 0 Å². The van der Waals surface area contributed by atoms with Gasteiger partial charge in [-0.1, -0.05) is 0 Å². The summed E-state index contributed by atoms with van der Waals surface area (Å²) in [5.74, 6) is -0.150. The van der Waals surface area contributed by atoms with E-state index in [0.717, 1.165) is 19.3 Å². The van der Waals surface area contributed by atoms with Gasteiger partial charge in [0.2, 0.25) is 0 Å². The molecule has 0 N–H and O–H groups in total. The van der Waals surface area contributed by atoms with Crippen LogP contribution in [0.3, 0.4) is 0 Å². The molecular weight excluding hydrogens is 196 g/mol. The maximum Gasteiger partial charge on any atom is 0.306 e. The van der Waals surface area contributed by atoms with Crippen LogP contribution in [0.2, 0.25) is 0 Å². The fourth-order valence-electron chi connectivity index (χ4n) is 2.61. The van der Waals surface area contributed by atoms with Gasteiger partial charge in [-0.3, -0.25) is 9.59 Å². The number of rotatable bonds is 1. The first-order valence-electron chi connectivity index (χ1n) is 5.39. The van der Waals surface area contributed by atoms with Crippen molar-refractivity contribution in [2.45, 2.75) is 51.2 Å².